The molecule has 1 aromatic rings. The SMILES string of the molecule is COC1CCCC1NS(=O)(=O)c1cc(CO)n(C(C)C)c1. The summed E-state index contributed by atoms with van der Waals surface area (Å²) < 4.78 is 34.8. The summed E-state index contributed by atoms with van der Waals surface area (Å²) in [6.07, 6.45) is 4.13. The van der Waals surface area contributed by atoms with Gasteiger partial charge in [0.15, 0.2) is 0 Å². The van der Waals surface area contributed by atoms with Crippen LogP contribution in [0.1, 0.15) is 44.8 Å². The molecule has 0 aliphatic heterocycles. The molecule has 1 aliphatic rings. The molecule has 0 bridgehead atoms. The van der Waals surface area contributed by atoms with Gasteiger partial charge >= 0.3 is 0 Å². The highest BCUT2D eigenvalue weighted by molar-refractivity contribution is 7.89. The van der Waals surface area contributed by atoms with Crippen LogP contribution in [-0.4, -0.2) is 37.3 Å². The second-order valence-electron chi connectivity index (χ2n) is 5.76. The molecule has 1 saturated carbocycles. The zero-order valence-electron chi connectivity index (χ0n) is 12.7. The Kier molecular flexibility index (Phi) is 5.08. The minimum atomic E-state index is -3.59. The van der Waals surface area contributed by atoms with Gasteiger partial charge in [0.1, 0.15) is 0 Å². The van der Waals surface area contributed by atoms with Crippen molar-refractivity contribution in [3.63, 3.8) is 0 Å². The van der Waals surface area contributed by atoms with E-state index >= 15 is 0 Å². The van der Waals surface area contributed by atoms with Crippen LogP contribution in [0.3, 0.4) is 0 Å². The fourth-order valence-electron chi connectivity index (χ4n) is 2.86. The summed E-state index contributed by atoms with van der Waals surface area (Å²) >= 11 is 0. The van der Waals surface area contributed by atoms with E-state index in [1.807, 2.05) is 13.8 Å². The summed E-state index contributed by atoms with van der Waals surface area (Å²) in [6, 6.07) is 1.44. The molecule has 2 atom stereocenters. The largest absolute Gasteiger partial charge is 0.390 e. The highest BCUT2D eigenvalue weighted by atomic mass is 32.2. The lowest BCUT2D eigenvalue weighted by Crippen LogP contribution is -2.40. The first-order valence-electron chi connectivity index (χ1n) is 7.25. The second-order valence-corrected chi connectivity index (χ2v) is 7.47. The molecule has 0 radical (unpaired) electrons. The average Bonchev–Trinajstić information content (AvgIpc) is 3.03. The Hall–Kier alpha value is -0.890. The van der Waals surface area contributed by atoms with E-state index in [9.17, 15) is 13.5 Å². The lowest BCUT2D eigenvalue weighted by molar-refractivity contribution is 0.0916. The number of ether oxygens (including phenoxy) is 1. The number of hydrogen-bond acceptors (Lipinski definition) is 4. The molecule has 1 aliphatic carbocycles. The van der Waals surface area contributed by atoms with E-state index in [4.69, 9.17) is 4.74 Å². The Labute approximate surface area is 126 Å². The number of rotatable bonds is 6. The Morgan fingerprint density at radius 2 is 2.19 bits per heavy atom. The third kappa shape index (κ3) is 3.48. The van der Waals surface area contributed by atoms with E-state index in [1.54, 1.807) is 17.9 Å². The zero-order chi connectivity index (χ0) is 15.6. The van der Waals surface area contributed by atoms with Crippen molar-refractivity contribution in [2.24, 2.45) is 0 Å². The van der Waals surface area contributed by atoms with E-state index in [0.717, 1.165) is 19.3 Å². The van der Waals surface area contributed by atoms with E-state index in [1.165, 1.54) is 6.07 Å². The normalized spacial score (nSPS) is 23.1. The average molecular weight is 316 g/mol. The van der Waals surface area contributed by atoms with Gasteiger partial charge in [-0.15, -0.1) is 0 Å². The Balaban J connectivity index is 2.23. The van der Waals surface area contributed by atoms with Gasteiger partial charge in [-0.1, -0.05) is 0 Å². The van der Waals surface area contributed by atoms with Crippen LogP contribution >= 0.6 is 0 Å². The summed E-state index contributed by atoms with van der Waals surface area (Å²) in [6.45, 7) is 3.71. The van der Waals surface area contributed by atoms with Gasteiger partial charge in [-0.3, -0.25) is 0 Å². The predicted octanol–water partition coefficient (Wildman–Crippen LogP) is 1.41. The number of nitrogens with zero attached hydrogens (tertiary/aromatic N) is 1. The molecule has 120 valence electrons. The number of aliphatic hydroxyl groups excluding tert-OH is 1. The molecule has 2 rings (SSSR count). The summed E-state index contributed by atoms with van der Waals surface area (Å²) in [4.78, 5) is 0.196. The molecular formula is C14H24N2O4S. The number of sulfonamides is 1. The van der Waals surface area contributed by atoms with Crippen LogP contribution in [0.2, 0.25) is 0 Å². The van der Waals surface area contributed by atoms with Crippen LogP contribution < -0.4 is 4.72 Å². The van der Waals surface area contributed by atoms with Gasteiger partial charge in [-0.25, -0.2) is 13.1 Å². The first kappa shape index (κ1) is 16.5. The van der Waals surface area contributed by atoms with E-state index < -0.39 is 10.0 Å². The van der Waals surface area contributed by atoms with E-state index in [-0.39, 0.29) is 29.7 Å². The summed E-state index contributed by atoms with van der Waals surface area (Å²) in [5.41, 5.74) is 0.597. The maximum Gasteiger partial charge on any atom is 0.242 e. The smallest absolute Gasteiger partial charge is 0.242 e. The lowest BCUT2D eigenvalue weighted by atomic mass is 10.2. The number of nitrogens with one attached hydrogen (secondary N) is 1. The van der Waals surface area contributed by atoms with Gasteiger partial charge in [0.25, 0.3) is 0 Å². The zero-order valence-corrected chi connectivity index (χ0v) is 13.6. The van der Waals surface area contributed by atoms with E-state index in [2.05, 4.69) is 4.72 Å². The van der Waals surface area contributed by atoms with Crippen LogP contribution in [0.15, 0.2) is 17.2 Å². The van der Waals surface area contributed by atoms with Crippen molar-refractivity contribution in [2.75, 3.05) is 7.11 Å². The van der Waals surface area contributed by atoms with Crippen molar-refractivity contribution >= 4 is 10.0 Å². The van der Waals surface area contributed by atoms with Gasteiger partial charge in [0.05, 0.1) is 17.6 Å². The third-order valence-corrected chi connectivity index (χ3v) is 5.45. The number of methoxy groups -OCH3 is 1. The molecule has 2 unspecified atom stereocenters. The molecule has 0 spiro atoms. The minimum Gasteiger partial charge on any atom is -0.390 e. The van der Waals surface area contributed by atoms with E-state index in [0.29, 0.717) is 5.69 Å². The minimum absolute atomic E-state index is 0.0655. The highest BCUT2D eigenvalue weighted by Gasteiger charge is 2.32. The summed E-state index contributed by atoms with van der Waals surface area (Å²) in [7, 11) is -1.99. The van der Waals surface area contributed by atoms with Crippen LogP contribution in [0, 0.1) is 0 Å². The maximum atomic E-state index is 12.5. The third-order valence-electron chi connectivity index (χ3n) is 4.00. The fourth-order valence-corrected chi connectivity index (χ4v) is 4.21. The van der Waals surface area contributed by atoms with Crippen LogP contribution in [0.25, 0.3) is 0 Å². The predicted molar refractivity (Wildman–Crippen MR) is 79.5 cm³/mol. The molecule has 1 heterocycles. The number of aliphatic hydroxyl groups is 1. The quantitative estimate of drug-likeness (QED) is 0.831. The standard InChI is InChI=1S/C14H24N2O4S/c1-10(2)16-8-12(7-11(16)9-17)21(18,19)15-13-5-4-6-14(13)20-3/h7-8,10,13-15,17H,4-6,9H2,1-3H3. The molecule has 21 heavy (non-hydrogen) atoms. The molecule has 0 aromatic carbocycles. The summed E-state index contributed by atoms with van der Waals surface area (Å²) in [5.74, 6) is 0. The van der Waals surface area contributed by atoms with Crippen molar-refractivity contribution in [3.05, 3.63) is 18.0 Å². The summed E-state index contributed by atoms with van der Waals surface area (Å²) in [5, 5.41) is 9.35. The van der Waals surface area contributed by atoms with Gasteiger partial charge in [-0.05, 0) is 39.2 Å². The van der Waals surface area contributed by atoms with Crippen molar-refractivity contribution in [1.29, 1.82) is 0 Å². The van der Waals surface area contributed by atoms with Crippen molar-refractivity contribution in [2.45, 2.75) is 62.8 Å². The second kappa shape index (κ2) is 6.48. The fraction of sp³-hybridized carbons (Fsp3) is 0.714. The van der Waals surface area contributed by atoms with Crippen molar-refractivity contribution < 1.29 is 18.3 Å². The number of hydrogen-bond donors (Lipinski definition) is 2. The Bertz CT molecular complexity index is 580. The Morgan fingerprint density at radius 3 is 2.71 bits per heavy atom. The van der Waals surface area contributed by atoms with Crippen LogP contribution in [0.5, 0.6) is 0 Å². The number of aromatic nitrogens is 1. The molecule has 0 saturated heterocycles. The molecular weight excluding hydrogens is 292 g/mol. The van der Waals surface area contributed by atoms with Crippen LogP contribution in [0.4, 0.5) is 0 Å². The van der Waals surface area contributed by atoms with Crippen molar-refractivity contribution in [3.8, 4) is 0 Å². The highest BCUT2D eigenvalue weighted by Crippen LogP contribution is 2.25. The first-order valence-corrected chi connectivity index (χ1v) is 8.74. The maximum absolute atomic E-state index is 12.5. The molecule has 6 nitrogen and oxygen atoms in total. The molecule has 2 N–H and O–H groups in total. The molecule has 1 fully saturated rings. The first-order chi connectivity index (χ1) is 9.89. The molecule has 1 aromatic heterocycles. The van der Waals surface area contributed by atoms with Gasteiger partial charge < -0.3 is 14.4 Å². The monoisotopic (exact) mass is 316 g/mol. The van der Waals surface area contributed by atoms with Gasteiger partial charge in [-0.2, -0.15) is 0 Å². The van der Waals surface area contributed by atoms with Crippen LogP contribution in [-0.2, 0) is 21.4 Å². The Morgan fingerprint density at radius 1 is 1.48 bits per heavy atom. The lowest BCUT2D eigenvalue weighted by Gasteiger charge is -2.19. The molecule has 0 amide bonds. The van der Waals surface area contributed by atoms with Gasteiger partial charge in [0.2, 0.25) is 10.0 Å². The van der Waals surface area contributed by atoms with Gasteiger partial charge in [0, 0.05) is 31.1 Å². The molecule has 7 heteroatoms. The van der Waals surface area contributed by atoms with Crippen molar-refractivity contribution in [1.82, 2.24) is 9.29 Å². The topological polar surface area (TPSA) is 80.6 Å².